The van der Waals surface area contributed by atoms with Crippen LogP contribution in [0.3, 0.4) is 0 Å². The molecule has 4 nitrogen and oxygen atoms in total. The van der Waals surface area contributed by atoms with Crippen molar-refractivity contribution in [2.75, 3.05) is 13.1 Å². The molecule has 4 heteroatoms. The minimum atomic E-state index is -0.424. The molecule has 1 amide bonds. The summed E-state index contributed by atoms with van der Waals surface area (Å²) in [5, 5.41) is 6.17. The fourth-order valence-corrected chi connectivity index (χ4v) is 1.56. The van der Waals surface area contributed by atoms with Crippen LogP contribution in [0.5, 0.6) is 0 Å². The average molecular weight is 242 g/mol. The van der Waals surface area contributed by atoms with Crippen LogP contribution in [0.2, 0.25) is 0 Å². The van der Waals surface area contributed by atoms with Gasteiger partial charge in [-0.25, -0.2) is 4.79 Å². The van der Waals surface area contributed by atoms with E-state index in [-0.39, 0.29) is 6.09 Å². The van der Waals surface area contributed by atoms with Crippen LogP contribution in [-0.4, -0.2) is 30.8 Å². The molecular weight excluding hydrogens is 216 g/mol. The van der Waals surface area contributed by atoms with Gasteiger partial charge in [0.05, 0.1) is 0 Å². The summed E-state index contributed by atoms with van der Waals surface area (Å²) in [5.41, 5.74) is -0.424. The van der Waals surface area contributed by atoms with Crippen molar-refractivity contribution in [1.29, 1.82) is 0 Å². The van der Waals surface area contributed by atoms with Gasteiger partial charge in [-0.1, -0.05) is 12.8 Å². The van der Waals surface area contributed by atoms with E-state index in [1.54, 1.807) is 0 Å². The molecule has 1 rings (SSSR count). The van der Waals surface area contributed by atoms with Crippen molar-refractivity contribution in [3.63, 3.8) is 0 Å². The lowest BCUT2D eigenvalue weighted by molar-refractivity contribution is 0.0523. The van der Waals surface area contributed by atoms with Crippen molar-refractivity contribution < 1.29 is 9.53 Å². The lowest BCUT2D eigenvalue weighted by Crippen LogP contribution is -2.41. The van der Waals surface area contributed by atoms with Crippen LogP contribution in [0.15, 0.2) is 0 Å². The number of carbonyl (C=O) groups excluding carboxylic acids is 1. The highest BCUT2D eigenvalue weighted by atomic mass is 16.6. The van der Waals surface area contributed by atoms with Gasteiger partial charge in [0.25, 0.3) is 0 Å². The summed E-state index contributed by atoms with van der Waals surface area (Å²) in [7, 11) is 0. The van der Waals surface area contributed by atoms with E-state index in [2.05, 4.69) is 17.6 Å². The molecule has 0 saturated heterocycles. The van der Waals surface area contributed by atoms with Gasteiger partial charge in [0.15, 0.2) is 0 Å². The molecule has 1 unspecified atom stereocenters. The molecule has 0 heterocycles. The Morgan fingerprint density at radius 2 is 2.06 bits per heavy atom. The van der Waals surface area contributed by atoms with E-state index in [1.165, 1.54) is 19.3 Å². The molecule has 1 saturated carbocycles. The van der Waals surface area contributed by atoms with Crippen LogP contribution in [0, 0.1) is 5.92 Å². The van der Waals surface area contributed by atoms with Crippen molar-refractivity contribution in [3.8, 4) is 0 Å². The molecule has 0 aromatic rings. The van der Waals surface area contributed by atoms with Crippen molar-refractivity contribution in [2.45, 2.75) is 58.6 Å². The van der Waals surface area contributed by atoms with E-state index >= 15 is 0 Å². The summed E-state index contributed by atoms with van der Waals surface area (Å²) >= 11 is 0. The Bertz CT molecular complexity index is 244. The number of hydrogen-bond donors (Lipinski definition) is 2. The molecule has 1 aliphatic carbocycles. The number of hydrogen-bond acceptors (Lipinski definition) is 3. The van der Waals surface area contributed by atoms with Gasteiger partial charge in [0.2, 0.25) is 0 Å². The molecule has 0 aromatic heterocycles. The molecule has 0 aliphatic heterocycles. The normalized spacial score (nSPS) is 17.6. The first-order chi connectivity index (χ1) is 7.87. The zero-order valence-corrected chi connectivity index (χ0v) is 11.5. The summed E-state index contributed by atoms with van der Waals surface area (Å²) in [6.45, 7) is 9.32. The predicted octanol–water partition coefficient (Wildman–Crippen LogP) is 2.29. The van der Waals surface area contributed by atoms with Gasteiger partial charge in [-0.2, -0.15) is 0 Å². The Kier molecular flexibility index (Phi) is 5.25. The Morgan fingerprint density at radius 1 is 1.41 bits per heavy atom. The second-order valence-corrected chi connectivity index (χ2v) is 5.97. The minimum absolute atomic E-state index is 0.293. The van der Waals surface area contributed by atoms with Crippen molar-refractivity contribution in [2.24, 2.45) is 5.92 Å². The van der Waals surface area contributed by atoms with E-state index in [1.807, 2.05) is 20.8 Å². The highest BCUT2D eigenvalue weighted by Crippen LogP contribution is 2.31. The van der Waals surface area contributed by atoms with Crippen LogP contribution >= 0.6 is 0 Å². The first-order valence-corrected chi connectivity index (χ1v) is 6.57. The van der Waals surface area contributed by atoms with Gasteiger partial charge in [-0.05, 0) is 46.6 Å². The lowest BCUT2D eigenvalue weighted by Gasteiger charge is -2.21. The number of carbonyl (C=O) groups is 1. The smallest absolute Gasteiger partial charge is 0.407 e. The fourth-order valence-electron chi connectivity index (χ4n) is 1.56. The predicted molar refractivity (Wildman–Crippen MR) is 69.0 cm³/mol. The Labute approximate surface area is 104 Å². The van der Waals surface area contributed by atoms with Crippen LogP contribution in [0.1, 0.15) is 47.0 Å². The maximum absolute atomic E-state index is 11.4. The van der Waals surface area contributed by atoms with Crippen molar-refractivity contribution >= 4 is 6.09 Å². The molecule has 100 valence electrons. The Hall–Kier alpha value is -0.770. The Balaban J connectivity index is 2.01. The van der Waals surface area contributed by atoms with Crippen molar-refractivity contribution in [1.82, 2.24) is 10.6 Å². The maximum atomic E-state index is 11.4. The minimum Gasteiger partial charge on any atom is -0.444 e. The van der Waals surface area contributed by atoms with Gasteiger partial charge in [-0.15, -0.1) is 0 Å². The highest BCUT2D eigenvalue weighted by Gasteiger charge is 2.20. The number of nitrogens with one attached hydrogen (secondary N) is 2. The molecule has 17 heavy (non-hydrogen) atoms. The van der Waals surface area contributed by atoms with Crippen molar-refractivity contribution in [3.05, 3.63) is 0 Å². The van der Waals surface area contributed by atoms with Crippen LogP contribution in [-0.2, 0) is 4.74 Å². The van der Waals surface area contributed by atoms with Gasteiger partial charge >= 0.3 is 6.09 Å². The van der Waals surface area contributed by atoms with E-state index in [0.717, 1.165) is 12.5 Å². The number of amides is 1. The Morgan fingerprint density at radius 3 is 2.59 bits per heavy atom. The second-order valence-electron chi connectivity index (χ2n) is 5.97. The monoisotopic (exact) mass is 242 g/mol. The quantitative estimate of drug-likeness (QED) is 0.751. The largest absolute Gasteiger partial charge is 0.444 e. The zero-order chi connectivity index (χ0) is 12.9. The first kappa shape index (κ1) is 14.3. The van der Waals surface area contributed by atoms with Gasteiger partial charge in [0.1, 0.15) is 5.60 Å². The van der Waals surface area contributed by atoms with Gasteiger partial charge < -0.3 is 15.4 Å². The van der Waals surface area contributed by atoms with E-state index in [0.29, 0.717) is 12.6 Å². The van der Waals surface area contributed by atoms with Crippen LogP contribution in [0.25, 0.3) is 0 Å². The molecular formula is C13H26N2O2. The zero-order valence-electron chi connectivity index (χ0n) is 11.5. The summed E-state index contributed by atoms with van der Waals surface area (Å²) < 4.78 is 5.16. The molecule has 1 atom stereocenters. The molecule has 0 radical (unpaired) electrons. The van der Waals surface area contributed by atoms with Crippen LogP contribution < -0.4 is 10.6 Å². The summed E-state index contributed by atoms with van der Waals surface area (Å²) in [6.07, 6.45) is 3.71. The molecule has 1 aliphatic rings. The summed E-state index contributed by atoms with van der Waals surface area (Å²) in [4.78, 5) is 11.4. The molecule has 2 N–H and O–H groups in total. The third-order valence-corrected chi connectivity index (χ3v) is 2.69. The third kappa shape index (κ3) is 8.02. The second kappa shape index (κ2) is 6.24. The SMILES string of the molecule is CC(CNC(=O)OC(C)(C)C)NCCC1CC1. The topological polar surface area (TPSA) is 50.4 Å². The number of rotatable bonds is 6. The summed E-state index contributed by atoms with van der Waals surface area (Å²) in [5.74, 6) is 0.952. The van der Waals surface area contributed by atoms with Gasteiger partial charge in [-0.3, -0.25) is 0 Å². The number of alkyl carbamates (subject to hydrolysis) is 1. The molecule has 0 bridgehead atoms. The average Bonchev–Trinajstić information content (AvgIpc) is 2.96. The molecule has 1 fully saturated rings. The molecule has 0 aromatic carbocycles. The lowest BCUT2D eigenvalue weighted by atomic mass is 10.2. The molecule has 0 spiro atoms. The highest BCUT2D eigenvalue weighted by molar-refractivity contribution is 5.67. The van der Waals surface area contributed by atoms with E-state index in [4.69, 9.17) is 4.74 Å². The number of ether oxygens (including phenoxy) is 1. The van der Waals surface area contributed by atoms with Crippen LogP contribution in [0.4, 0.5) is 4.79 Å². The van der Waals surface area contributed by atoms with E-state index < -0.39 is 5.60 Å². The summed E-state index contributed by atoms with van der Waals surface area (Å²) in [6, 6.07) is 0.293. The fraction of sp³-hybridized carbons (Fsp3) is 0.923. The third-order valence-electron chi connectivity index (χ3n) is 2.69. The standard InChI is InChI=1S/C13H26N2O2/c1-10(14-8-7-11-5-6-11)9-15-12(16)17-13(2,3)4/h10-11,14H,5-9H2,1-4H3,(H,15,16). The maximum Gasteiger partial charge on any atom is 0.407 e. The van der Waals surface area contributed by atoms with E-state index in [9.17, 15) is 4.79 Å². The first-order valence-electron chi connectivity index (χ1n) is 6.57. The van der Waals surface area contributed by atoms with Gasteiger partial charge in [0, 0.05) is 12.6 Å².